The van der Waals surface area contributed by atoms with Crippen LogP contribution < -0.4 is 10.5 Å². The second-order valence-corrected chi connectivity index (χ2v) is 6.25. The van der Waals surface area contributed by atoms with Crippen molar-refractivity contribution in [2.45, 2.75) is 10.6 Å². The molecule has 0 saturated carbocycles. The lowest BCUT2D eigenvalue weighted by Crippen LogP contribution is -2.08. The zero-order chi connectivity index (χ0) is 14.8. The van der Waals surface area contributed by atoms with Gasteiger partial charge in [-0.25, -0.2) is 12.8 Å². The number of methoxy groups -OCH3 is 1. The Morgan fingerprint density at radius 3 is 2.40 bits per heavy atom. The Kier molecular flexibility index (Phi) is 3.94. The van der Waals surface area contributed by atoms with Crippen molar-refractivity contribution >= 4 is 15.5 Å². The van der Waals surface area contributed by atoms with Crippen LogP contribution in [0, 0.1) is 5.82 Å². The summed E-state index contributed by atoms with van der Waals surface area (Å²) in [6.07, 6.45) is 0. The van der Waals surface area contributed by atoms with Crippen molar-refractivity contribution < 1.29 is 17.5 Å². The molecular formula is C14H14FNO3S. The van der Waals surface area contributed by atoms with Crippen LogP contribution in [0.1, 0.15) is 5.56 Å². The monoisotopic (exact) mass is 295 g/mol. The molecule has 0 unspecified atom stereocenters. The molecule has 0 spiro atoms. The summed E-state index contributed by atoms with van der Waals surface area (Å²) < 4.78 is 42.5. The number of anilines is 1. The van der Waals surface area contributed by atoms with Crippen LogP contribution in [0.4, 0.5) is 10.1 Å². The summed E-state index contributed by atoms with van der Waals surface area (Å²) in [5.74, 6) is -0.242. The lowest BCUT2D eigenvalue weighted by Gasteiger charge is -2.09. The first-order chi connectivity index (χ1) is 9.42. The van der Waals surface area contributed by atoms with Crippen molar-refractivity contribution in [3.05, 3.63) is 53.8 Å². The molecule has 0 saturated heterocycles. The number of hydrogen-bond donors (Lipinski definition) is 1. The van der Waals surface area contributed by atoms with Crippen molar-refractivity contribution in [1.29, 1.82) is 0 Å². The van der Waals surface area contributed by atoms with Crippen LogP contribution in [0.2, 0.25) is 0 Å². The molecule has 2 N–H and O–H groups in total. The Hall–Kier alpha value is -2.08. The summed E-state index contributed by atoms with van der Waals surface area (Å²) in [4.78, 5) is 0.0150. The molecule has 0 aliphatic heterocycles. The van der Waals surface area contributed by atoms with E-state index in [1.165, 1.54) is 43.5 Å². The van der Waals surface area contributed by atoms with Crippen molar-refractivity contribution in [2.24, 2.45) is 0 Å². The summed E-state index contributed by atoms with van der Waals surface area (Å²) in [6.45, 7) is 0. The van der Waals surface area contributed by atoms with Gasteiger partial charge in [0.05, 0.1) is 23.4 Å². The maximum absolute atomic E-state index is 12.8. The standard InChI is InChI=1S/C14H14FNO3S/c1-19-12-6-7-13(16)14(8-12)20(17,18)9-10-2-4-11(15)5-3-10/h2-8H,9,16H2,1H3. The van der Waals surface area contributed by atoms with Gasteiger partial charge in [0.25, 0.3) is 0 Å². The lowest BCUT2D eigenvalue weighted by atomic mass is 10.2. The molecule has 2 aromatic rings. The highest BCUT2D eigenvalue weighted by Crippen LogP contribution is 2.26. The SMILES string of the molecule is COc1ccc(N)c(S(=O)(=O)Cc2ccc(F)cc2)c1. The predicted molar refractivity (Wildman–Crippen MR) is 74.7 cm³/mol. The smallest absolute Gasteiger partial charge is 0.184 e. The number of nitrogens with two attached hydrogens (primary N) is 1. The number of ether oxygens (including phenoxy) is 1. The topological polar surface area (TPSA) is 69.4 Å². The third-order valence-electron chi connectivity index (χ3n) is 2.83. The van der Waals surface area contributed by atoms with E-state index in [9.17, 15) is 12.8 Å². The van der Waals surface area contributed by atoms with Crippen molar-refractivity contribution in [3.63, 3.8) is 0 Å². The van der Waals surface area contributed by atoms with Gasteiger partial charge in [-0.3, -0.25) is 0 Å². The molecule has 0 atom stereocenters. The van der Waals surface area contributed by atoms with E-state index in [4.69, 9.17) is 10.5 Å². The average molecular weight is 295 g/mol. The number of nitrogen functional groups attached to an aromatic ring is 1. The summed E-state index contributed by atoms with van der Waals surface area (Å²) in [7, 11) is -2.17. The van der Waals surface area contributed by atoms with E-state index in [0.29, 0.717) is 11.3 Å². The van der Waals surface area contributed by atoms with Crippen LogP contribution >= 0.6 is 0 Å². The highest BCUT2D eigenvalue weighted by atomic mass is 32.2. The molecule has 0 aromatic heterocycles. The normalized spacial score (nSPS) is 11.3. The second-order valence-electron chi connectivity index (χ2n) is 4.29. The molecule has 0 aliphatic rings. The fraction of sp³-hybridized carbons (Fsp3) is 0.143. The van der Waals surface area contributed by atoms with Crippen molar-refractivity contribution in [2.75, 3.05) is 12.8 Å². The number of hydrogen-bond acceptors (Lipinski definition) is 4. The first kappa shape index (κ1) is 14.3. The Labute approximate surface area is 116 Å². The van der Waals surface area contributed by atoms with Gasteiger partial charge in [-0.05, 0) is 29.8 Å². The number of rotatable bonds is 4. The van der Waals surface area contributed by atoms with E-state index in [1.807, 2.05) is 0 Å². The largest absolute Gasteiger partial charge is 0.497 e. The maximum atomic E-state index is 12.8. The number of sulfone groups is 1. The van der Waals surface area contributed by atoms with E-state index >= 15 is 0 Å². The fourth-order valence-electron chi connectivity index (χ4n) is 1.79. The van der Waals surface area contributed by atoms with Gasteiger partial charge in [0, 0.05) is 6.07 Å². The van der Waals surface area contributed by atoms with E-state index in [1.54, 1.807) is 6.07 Å². The minimum Gasteiger partial charge on any atom is -0.497 e. The van der Waals surface area contributed by atoms with Crippen molar-refractivity contribution in [3.8, 4) is 5.75 Å². The predicted octanol–water partition coefficient (Wildman–Crippen LogP) is 2.39. The molecule has 0 heterocycles. The van der Waals surface area contributed by atoms with E-state index in [-0.39, 0.29) is 16.3 Å². The molecule has 2 rings (SSSR count). The minimum absolute atomic E-state index is 0.0150. The molecule has 0 amide bonds. The third-order valence-corrected chi connectivity index (χ3v) is 4.56. The third kappa shape index (κ3) is 3.08. The molecule has 2 aromatic carbocycles. The molecule has 0 fully saturated rings. The molecule has 0 bridgehead atoms. The maximum Gasteiger partial charge on any atom is 0.184 e. The van der Waals surface area contributed by atoms with Gasteiger partial charge in [-0.2, -0.15) is 0 Å². The Bertz CT molecular complexity index is 712. The van der Waals surface area contributed by atoms with Crippen LogP contribution in [0.3, 0.4) is 0 Å². The number of benzene rings is 2. The quantitative estimate of drug-likeness (QED) is 0.879. The Morgan fingerprint density at radius 1 is 1.15 bits per heavy atom. The molecule has 0 aliphatic carbocycles. The van der Waals surface area contributed by atoms with Crippen LogP contribution in [0.15, 0.2) is 47.4 Å². The molecular weight excluding hydrogens is 281 g/mol. The molecule has 106 valence electrons. The van der Waals surface area contributed by atoms with Gasteiger partial charge in [0.15, 0.2) is 9.84 Å². The van der Waals surface area contributed by atoms with Gasteiger partial charge in [-0.15, -0.1) is 0 Å². The zero-order valence-electron chi connectivity index (χ0n) is 10.8. The summed E-state index contributed by atoms with van der Waals surface area (Å²) in [6, 6.07) is 9.77. The lowest BCUT2D eigenvalue weighted by molar-refractivity contribution is 0.413. The molecule has 6 heteroatoms. The van der Waals surface area contributed by atoms with E-state index in [0.717, 1.165) is 0 Å². The van der Waals surface area contributed by atoms with Crippen LogP contribution in [0.25, 0.3) is 0 Å². The first-order valence-corrected chi connectivity index (χ1v) is 7.48. The zero-order valence-corrected chi connectivity index (χ0v) is 11.7. The van der Waals surface area contributed by atoms with Gasteiger partial charge in [0.2, 0.25) is 0 Å². The first-order valence-electron chi connectivity index (χ1n) is 5.83. The highest BCUT2D eigenvalue weighted by molar-refractivity contribution is 7.90. The van der Waals surface area contributed by atoms with Crippen LogP contribution in [0.5, 0.6) is 5.75 Å². The summed E-state index contributed by atoms with van der Waals surface area (Å²) in [5, 5.41) is 0. The summed E-state index contributed by atoms with van der Waals surface area (Å²) >= 11 is 0. The van der Waals surface area contributed by atoms with Crippen molar-refractivity contribution in [1.82, 2.24) is 0 Å². The van der Waals surface area contributed by atoms with Gasteiger partial charge in [0.1, 0.15) is 11.6 Å². The van der Waals surface area contributed by atoms with Gasteiger partial charge >= 0.3 is 0 Å². The highest BCUT2D eigenvalue weighted by Gasteiger charge is 2.19. The minimum atomic E-state index is -3.62. The molecule has 20 heavy (non-hydrogen) atoms. The van der Waals surface area contributed by atoms with E-state index in [2.05, 4.69) is 0 Å². The molecule has 4 nitrogen and oxygen atoms in total. The Morgan fingerprint density at radius 2 is 1.80 bits per heavy atom. The fourth-order valence-corrected chi connectivity index (χ4v) is 3.30. The Balaban J connectivity index is 2.37. The number of halogens is 1. The van der Waals surface area contributed by atoms with Crippen LogP contribution in [-0.4, -0.2) is 15.5 Å². The van der Waals surface area contributed by atoms with Gasteiger partial charge in [-0.1, -0.05) is 12.1 Å². The summed E-state index contributed by atoms with van der Waals surface area (Å²) in [5.41, 5.74) is 6.37. The van der Waals surface area contributed by atoms with E-state index < -0.39 is 15.7 Å². The second kappa shape index (κ2) is 5.50. The van der Waals surface area contributed by atoms with Gasteiger partial charge < -0.3 is 10.5 Å². The molecule has 0 radical (unpaired) electrons. The average Bonchev–Trinajstić information content (AvgIpc) is 2.41. The van der Waals surface area contributed by atoms with Crippen LogP contribution in [-0.2, 0) is 15.6 Å².